The zero-order chi connectivity index (χ0) is 10.8. The molecule has 0 aromatic carbocycles. The number of likely N-dealkylation sites (N-methyl/N-ethyl adjacent to an activating group) is 1. The fourth-order valence-electron chi connectivity index (χ4n) is 2.07. The molecule has 2 aliphatic heterocycles. The number of morpholine rings is 1. The van der Waals surface area contributed by atoms with Crippen LogP contribution in [0, 0.1) is 0 Å². The van der Waals surface area contributed by atoms with Gasteiger partial charge in [0.1, 0.15) is 0 Å². The number of hydrogen-bond acceptors (Lipinski definition) is 3. The van der Waals surface area contributed by atoms with Crippen LogP contribution in [-0.4, -0.2) is 67.8 Å². The molecule has 2 fully saturated rings. The van der Waals surface area contributed by atoms with E-state index in [9.17, 15) is 4.79 Å². The standard InChI is InChI=1S/C10H19N3O2/c1-8-6-13(10(14)12(8)2)7-9-5-11-3-4-15-9/h8-9,11H,3-7H2,1-2H3. The lowest BCUT2D eigenvalue weighted by Gasteiger charge is -2.27. The summed E-state index contributed by atoms with van der Waals surface area (Å²) in [5.74, 6) is 0. The first-order valence-electron chi connectivity index (χ1n) is 5.52. The predicted octanol–water partition coefficient (Wildman–Crippen LogP) is -0.269. The van der Waals surface area contributed by atoms with Gasteiger partial charge >= 0.3 is 6.03 Å². The summed E-state index contributed by atoms with van der Waals surface area (Å²) in [5.41, 5.74) is 0. The molecule has 2 aliphatic rings. The van der Waals surface area contributed by atoms with Crippen LogP contribution in [0.2, 0.25) is 0 Å². The number of nitrogens with zero attached hydrogens (tertiary/aromatic N) is 2. The van der Waals surface area contributed by atoms with Crippen LogP contribution >= 0.6 is 0 Å². The molecule has 2 amide bonds. The summed E-state index contributed by atoms with van der Waals surface area (Å²) in [4.78, 5) is 15.4. The molecular weight excluding hydrogens is 194 g/mol. The molecule has 2 unspecified atom stereocenters. The van der Waals surface area contributed by atoms with Crippen molar-refractivity contribution in [1.29, 1.82) is 0 Å². The van der Waals surface area contributed by atoms with E-state index in [0.717, 1.165) is 26.2 Å². The first kappa shape index (κ1) is 10.7. The van der Waals surface area contributed by atoms with Crippen molar-refractivity contribution >= 4 is 6.03 Å². The van der Waals surface area contributed by atoms with Crippen LogP contribution in [0.3, 0.4) is 0 Å². The zero-order valence-electron chi connectivity index (χ0n) is 9.40. The van der Waals surface area contributed by atoms with Gasteiger partial charge in [0.25, 0.3) is 0 Å². The third-order valence-electron chi connectivity index (χ3n) is 3.15. The van der Waals surface area contributed by atoms with Crippen LogP contribution in [0.4, 0.5) is 4.79 Å². The van der Waals surface area contributed by atoms with E-state index >= 15 is 0 Å². The topological polar surface area (TPSA) is 44.8 Å². The average molecular weight is 213 g/mol. The molecule has 86 valence electrons. The van der Waals surface area contributed by atoms with Crippen molar-refractivity contribution in [3.63, 3.8) is 0 Å². The summed E-state index contributed by atoms with van der Waals surface area (Å²) in [7, 11) is 1.85. The van der Waals surface area contributed by atoms with Crippen LogP contribution in [0.25, 0.3) is 0 Å². The van der Waals surface area contributed by atoms with Crippen molar-refractivity contribution in [2.45, 2.75) is 19.1 Å². The van der Waals surface area contributed by atoms with E-state index in [0.29, 0.717) is 12.6 Å². The van der Waals surface area contributed by atoms with E-state index in [1.165, 1.54) is 0 Å². The first-order chi connectivity index (χ1) is 7.18. The fraction of sp³-hybridized carbons (Fsp3) is 0.900. The van der Waals surface area contributed by atoms with Crippen molar-refractivity contribution in [2.75, 3.05) is 39.8 Å². The molecule has 2 saturated heterocycles. The highest BCUT2D eigenvalue weighted by molar-refractivity contribution is 5.76. The van der Waals surface area contributed by atoms with Crippen molar-refractivity contribution in [1.82, 2.24) is 15.1 Å². The highest BCUT2D eigenvalue weighted by Crippen LogP contribution is 2.14. The second-order valence-corrected chi connectivity index (χ2v) is 4.34. The SMILES string of the molecule is CC1CN(CC2CNCCO2)C(=O)N1C. The van der Waals surface area contributed by atoms with Gasteiger partial charge in [0, 0.05) is 39.3 Å². The number of urea groups is 1. The molecule has 0 aromatic heterocycles. The third kappa shape index (κ3) is 2.23. The Morgan fingerprint density at radius 2 is 2.40 bits per heavy atom. The Kier molecular flexibility index (Phi) is 3.11. The average Bonchev–Trinajstić information content (AvgIpc) is 2.48. The Bertz CT molecular complexity index is 241. The Balaban J connectivity index is 1.86. The Hall–Kier alpha value is -0.810. The van der Waals surface area contributed by atoms with Crippen LogP contribution in [-0.2, 0) is 4.74 Å². The van der Waals surface area contributed by atoms with Crippen LogP contribution in [0.15, 0.2) is 0 Å². The van der Waals surface area contributed by atoms with Gasteiger partial charge in [0.2, 0.25) is 0 Å². The normalized spacial score (nSPS) is 32.5. The van der Waals surface area contributed by atoms with Gasteiger partial charge in [-0.05, 0) is 6.92 Å². The fourth-order valence-corrected chi connectivity index (χ4v) is 2.07. The highest BCUT2D eigenvalue weighted by Gasteiger charge is 2.33. The Labute approximate surface area is 90.4 Å². The second kappa shape index (κ2) is 4.37. The van der Waals surface area contributed by atoms with E-state index in [1.54, 1.807) is 4.90 Å². The molecule has 0 aliphatic carbocycles. The molecule has 0 saturated carbocycles. The number of hydrogen-bond donors (Lipinski definition) is 1. The van der Waals surface area contributed by atoms with E-state index in [-0.39, 0.29) is 12.1 Å². The monoisotopic (exact) mass is 213 g/mol. The summed E-state index contributed by atoms with van der Waals surface area (Å²) >= 11 is 0. The molecule has 15 heavy (non-hydrogen) atoms. The molecule has 0 bridgehead atoms. The lowest BCUT2D eigenvalue weighted by atomic mass is 10.3. The molecule has 2 rings (SSSR count). The van der Waals surface area contributed by atoms with E-state index < -0.39 is 0 Å². The minimum absolute atomic E-state index is 0.122. The molecule has 0 spiro atoms. The first-order valence-corrected chi connectivity index (χ1v) is 5.52. The lowest BCUT2D eigenvalue weighted by molar-refractivity contribution is 0.0144. The lowest BCUT2D eigenvalue weighted by Crippen LogP contribution is -2.46. The predicted molar refractivity (Wildman–Crippen MR) is 56.8 cm³/mol. The second-order valence-electron chi connectivity index (χ2n) is 4.34. The third-order valence-corrected chi connectivity index (χ3v) is 3.15. The number of carbonyl (C=O) groups excluding carboxylic acids is 1. The number of ether oxygens (including phenoxy) is 1. The Morgan fingerprint density at radius 1 is 1.60 bits per heavy atom. The van der Waals surface area contributed by atoms with Gasteiger partial charge in [-0.25, -0.2) is 4.79 Å². The summed E-state index contributed by atoms with van der Waals surface area (Å²) < 4.78 is 5.58. The molecule has 5 nitrogen and oxygen atoms in total. The van der Waals surface area contributed by atoms with Gasteiger partial charge in [-0.2, -0.15) is 0 Å². The molecule has 0 radical (unpaired) electrons. The summed E-state index contributed by atoms with van der Waals surface area (Å²) in [6, 6.07) is 0.436. The van der Waals surface area contributed by atoms with Crippen molar-refractivity contribution in [3.05, 3.63) is 0 Å². The number of nitrogens with one attached hydrogen (secondary N) is 1. The maximum absolute atomic E-state index is 11.8. The maximum Gasteiger partial charge on any atom is 0.320 e. The molecule has 5 heteroatoms. The zero-order valence-corrected chi connectivity index (χ0v) is 9.40. The molecule has 0 aromatic rings. The van der Waals surface area contributed by atoms with Gasteiger partial charge in [0.05, 0.1) is 12.7 Å². The van der Waals surface area contributed by atoms with E-state index in [4.69, 9.17) is 4.74 Å². The van der Waals surface area contributed by atoms with Gasteiger partial charge in [-0.1, -0.05) is 0 Å². The minimum Gasteiger partial charge on any atom is -0.374 e. The van der Waals surface area contributed by atoms with Crippen LogP contribution in [0.5, 0.6) is 0 Å². The van der Waals surface area contributed by atoms with Crippen LogP contribution < -0.4 is 5.32 Å². The Morgan fingerprint density at radius 3 is 2.93 bits per heavy atom. The van der Waals surface area contributed by atoms with E-state index in [1.807, 2.05) is 11.9 Å². The van der Waals surface area contributed by atoms with E-state index in [2.05, 4.69) is 12.2 Å². The quantitative estimate of drug-likeness (QED) is 0.687. The summed E-state index contributed by atoms with van der Waals surface area (Å²) in [6.45, 7) is 6.11. The number of carbonyl (C=O) groups is 1. The highest BCUT2D eigenvalue weighted by atomic mass is 16.5. The molecule has 2 atom stereocenters. The number of rotatable bonds is 2. The smallest absolute Gasteiger partial charge is 0.320 e. The molecular formula is C10H19N3O2. The van der Waals surface area contributed by atoms with Crippen LogP contribution in [0.1, 0.15) is 6.92 Å². The van der Waals surface area contributed by atoms with Gasteiger partial charge in [0.15, 0.2) is 0 Å². The van der Waals surface area contributed by atoms with Crippen molar-refractivity contribution in [2.24, 2.45) is 0 Å². The summed E-state index contributed by atoms with van der Waals surface area (Å²) in [5, 5.41) is 3.27. The minimum atomic E-state index is 0.122. The van der Waals surface area contributed by atoms with Gasteiger partial charge in [-0.15, -0.1) is 0 Å². The van der Waals surface area contributed by atoms with Crippen molar-refractivity contribution < 1.29 is 9.53 Å². The molecule has 2 heterocycles. The maximum atomic E-state index is 11.8. The van der Waals surface area contributed by atoms with Gasteiger partial charge < -0.3 is 19.9 Å². The largest absolute Gasteiger partial charge is 0.374 e. The van der Waals surface area contributed by atoms with Gasteiger partial charge in [-0.3, -0.25) is 0 Å². The molecule has 1 N–H and O–H groups in total. The van der Waals surface area contributed by atoms with Crippen molar-refractivity contribution in [3.8, 4) is 0 Å². The summed E-state index contributed by atoms with van der Waals surface area (Å²) in [6.07, 6.45) is 0.154. The number of amides is 2.